The maximum absolute atomic E-state index is 5.97. The summed E-state index contributed by atoms with van der Waals surface area (Å²) >= 11 is 5.97. The van der Waals surface area contributed by atoms with E-state index >= 15 is 0 Å². The molecule has 2 unspecified atom stereocenters. The van der Waals surface area contributed by atoms with E-state index < -0.39 is 0 Å². The molecule has 0 aliphatic heterocycles. The lowest BCUT2D eigenvalue weighted by atomic mass is 10.2. The van der Waals surface area contributed by atoms with E-state index in [2.05, 4.69) is 26.1 Å². The Labute approximate surface area is 127 Å². The van der Waals surface area contributed by atoms with Crippen LogP contribution in [0.1, 0.15) is 33.6 Å². The van der Waals surface area contributed by atoms with Crippen LogP contribution < -0.4 is 10.1 Å². The summed E-state index contributed by atoms with van der Waals surface area (Å²) in [5.41, 5.74) is 0. The molecule has 0 aromatic heterocycles. The van der Waals surface area contributed by atoms with Crippen molar-refractivity contribution in [3.63, 3.8) is 0 Å². The zero-order chi connectivity index (χ0) is 14.8. The Bertz CT molecular complexity index is 373. The Morgan fingerprint density at radius 1 is 1.25 bits per heavy atom. The van der Waals surface area contributed by atoms with Crippen molar-refractivity contribution in [1.29, 1.82) is 0 Å². The topological polar surface area (TPSA) is 30.5 Å². The molecule has 0 saturated carbocycles. The van der Waals surface area contributed by atoms with Gasteiger partial charge in [-0.1, -0.05) is 31.5 Å². The molecule has 4 heteroatoms. The second kappa shape index (κ2) is 10.0. The molecule has 1 aromatic carbocycles. The standard InChI is InChI=1S/C16H26ClNO2/c1-4-9-18-16(12-19-10-5-2)13(3)20-15-8-6-7-14(17)11-15/h6-8,11,13,16,18H,4-5,9-10,12H2,1-3H3. The zero-order valence-electron chi connectivity index (χ0n) is 12.7. The number of hydrogen-bond donors (Lipinski definition) is 1. The second-order valence-corrected chi connectivity index (χ2v) is 5.35. The Morgan fingerprint density at radius 3 is 2.70 bits per heavy atom. The summed E-state index contributed by atoms with van der Waals surface area (Å²) in [5.74, 6) is 0.795. The molecular formula is C16H26ClNO2. The molecule has 20 heavy (non-hydrogen) atoms. The maximum atomic E-state index is 5.97. The van der Waals surface area contributed by atoms with Gasteiger partial charge in [0, 0.05) is 11.6 Å². The van der Waals surface area contributed by atoms with Crippen molar-refractivity contribution < 1.29 is 9.47 Å². The molecule has 3 nitrogen and oxygen atoms in total. The van der Waals surface area contributed by atoms with Crippen LogP contribution in [-0.4, -0.2) is 31.9 Å². The number of nitrogens with one attached hydrogen (secondary N) is 1. The fourth-order valence-corrected chi connectivity index (χ4v) is 2.06. The summed E-state index contributed by atoms with van der Waals surface area (Å²) in [7, 11) is 0. The van der Waals surface area contributed by atoms with Crippen LogP contribution in [-0.2, 0) is 4.74 Å². The van der Waals surface area contributed by atoms with E-state index in [4.69, 9.17) is 21.1 Å². The Morgan fingerprint density at radius 2 is 2.05 bits per heavy atom. The Balaban J connectivity index is 2.54. The van der Waals surface area contributed by atoms with E-state index in [1.54, 1.807) is 0 Å². The lowest BCUT2D eigenvalue weighted by Gasteiger charge is -2.26. The van der Waals surface area contributed by atoms with Gasteiger partial charge in [-0.05, 0) is 44.5 Å². The molecule has 0 bridgehead atoms. The molecule has 0 fully saturated rings. The fourth-order valence-electron chi connectivity index (χ4n) is 1.88. The van der Waals surface area contributed by atoms with E-state index in [1.807, 2.05) is 24.3 Å². The highest BCUT2D eigenvalue weighted by Crippen LogP contribution is 2.19. The summed E-state index contributed by atoms with van der Waals surface area (Å²) in [6.45, 7) is 8.73. The molecule has 1 rings (SSSR count). The van der Waals surface area contributed by atoms with Gasteiger partial charge in [-0.2, -0.15) is 0 Å². The first kappa shape index (κ1) is 17.3. The molecule has 0 radical (unpaired) electrons. The van der Waals surface area contributed by atoms with Gasteiger partial charge in [0.15, 0.2) is 0 Å². The lowest BCUT2D eigenvalue weighted by Crippen LogP contribution is -2.45. The SMILES string of the molecule is CCCNC(COCCC)C(C)Oc1cccc(Cl)c1. The minimum absolute atomic E-state index is 0.0249. The van der Waals surface area contributed by atoms with Crippen molar-refractivity contribution in [2.45, 2.75) is 45.8 Å². The highest BCUT2D eigenvalue weighted by Gasteiger charge is 2.18. The molecule has 0 amide bonds. The van der Waals surface area contributed by atoms with Gasteiger partial charge in [-0.25, -0.2) is 0 Å². The number of benzene rings is 1. The summed E-state index contributed by atoms with van der Waals surface area (Å²) in [6.07, 6.45) is 2.15. The number of hydrogen-bond acceptors (Lipinski definition) is 3. The van der Waals surface area contributed by atoms with Gasteiger partial charge in [0.1, 0.15) is 11.9 Å². The van der Waals surface area contributed by atoms with E-state index in [9.17, 15) is 0 Å². The van der Waals surface area contributed by atoms with Gasteiger partial charge >= 0.3 is 0 Å². The molecule has 0 aliphatic rings. The monoisotopic (exact) mass is 299 g/mol. The van der Waals surface area contributed by atoms with Crippen LogP contribution in [0.4, 0.5) is 0 Å². The van der Waals surface area contributed by atoms with Crippen molar-refractivity contribution in [1.82, 2.24) is 5.32 Å². The van der Waals surface area contributed by atoms with Crippen molar-refractivity contribution in [2.75, 3.05) is 19.8 Å². The van der Waals surface area contributed by atoms with Crippen molar-refractivity contribution in [3.05, 3.63) is 29.3 Å². The first-order chi connectivity index (χ1) is 9.67. The third kappa shape index (κ3) is 6.60. The van der Waals surface area contributed by atoms with Crippen LogP contribution >= 0.6 is 11.6 Å². The summed E-state index contributed by atoms with van der Waals surface area (Å²) in [4.78, 5) is 0. The first-order valence-electron chi connectivity index (χ1n) is 7.40. The van der Waals surface area contributed by atoms with Crippen molar-refractivity contribution in [2.24, 2.45) is 0 Å². The van der Waals surface area contributed by atoms with Gasteiger partial charge in [0.25, 0.3) is 0 Å². The van der Waals surface area contributed by atoms with Crippen LogP contribution in [0.15, 0.2) is 24.3 Å². The molecular weight excluding hydrogens is 274 g/mol. The summed E-state index contributed by atoms with van der Waals surface area (Å²) in [5, 5.41) is 4.17. The third-order valence-corrected chi connectivity index (χ3v) is 3.22. The number of halogens is 1. The summed E-state index contributed by atoms with van der Waals surface area (Å²) < 4.78 is 11.6. The molecule has 0 saturated heterocycles. The largest absolute Gasteiger partial charge is 0.489 e. The smallest absolute Gasteiger partial charge is 0.121 e. The highest BCUT2D eigenvalue weighted by atomic mass is 35.5. The van der Waals surface area contributed by atoms with Gasteiger partial charge in [-0.3, -0.25) is 0 Å². The van der Waals surface area contributed by atoms with E-state index in [1.165, 1.54) is 0 Å². The highest BCUT2D eigenvalue weighted by molar-refractivity contribution is 6.30. The van der Waals surface area contributed by atoms with Gasteiger partial charge in [-0.15, -0.1) is 0 Å². The molecule has 0 aliphatic carbocycles. The van der Waals surface area contributed by atoms with Crippen LogP contribution in [0.2, 0.25) is 5.02 Å². The van der Waals surface area contributed by atoms with Crippen LogP contribution in [0.3, 0.4) is 0 Å². The van der Waals surface area contributed by atoms with Crippen LogP contribution in [0.5, 0.6) is 5.75 Å². The Hall–Kier alpha value is -0.770. The zero-order valence-corrected chi connectivity index (χ0v) is 13.5. The van der Waals surface area contributed by atoms with E-state index in [0.717, 1.165) is 31.7 Å². The molecule has 1 aromatic rings. The lowest BCUT2D eigenvalue weighted by molar-refractivity contribution is 0.0662. The van der Waals surface area contributed by atoms with Crippen LogP contribution in [0.25, 0.3) is 0 Å². The first-order valence-corrected chi connectivity index (χ1v) is 7.78. The average molecular weight is 300 g/mol. The third-order valence-electron chi connectivity index (χ3n) is 2.99. The predicted octanol–water partition coefficient (Wildman–Crippen LogP) is 3.90. The van der Waals surface area contributed by atoms with Gasteiger partial charge in [0.2, 0.25) is 0 Å². The van der Waals surface area contributed by atoms with E-state index in [-0.39, 0.29) is 12.1 Å². The Kier molecular flexibility index (Phi) is 8.67. The van der Waals surface area contributed by atoms with Crippen molar-refractivity contribution >= 4 is 11.6 Å². The fraction of sp³-hybridized carbons (Fsp3) is 0.625. The van der Waals surface area contributed by atoms with E-state index in [0.29, 0.717) is 11.6 Å². The molecule has 1 N–H and O–H groups in total. The van der Waals surface area contributed by atoms with Gasteiger partial charge < -0.3 is 14.8 Å². The molecule has 2 atom stereocenters. The van der Waals surface area contributed by atoms with Crippen molar-refractivity contribution in [3.8, 4) is 5.75 Å². The normalized spacial score (nSPS) is 14.0. The number of rotatable bonds is 10. The second-order valence-electron chi connectivity index (χ2n) is 4.92. The summed E-state index contributed by atoms with van der Waals surface area (Å²) in [6, 6.07) is 7.68. The quantitative estimate of drug-likeness (QED) is 0.665. The maximum Gasteiger partial charge on any atom is 0.121 e. The molecule has 0 spiro atoms. The molecule has 114 valence electrons. The minimum Gasteiger partial charge on any atom is -0.489 e. The number of ether oxygens (including phenoxy) is 2. The molecule has 0 heterocycles. The average Bonchev–Trinajstić information content (AvgIpc) is 2.42. The van der Waals surface area contributed by atoms with Crippen LogP contribution in [0, 0.1) is 0 Å². The predicted molar refractivity (Wildman–Crippen MR) is 84.7 cm³/mol. The van der Waals surface area contributed by atoms with Gasteiger partial charge in [0.05, 0.1) is 12.6 Å². The minimum atomic E-state index is 0.0249.